The van der Waals surface area contributed by atoms with Crippen LogP contribution in [0.4, 0.5) is 0 Å². The van der Waals surface area contributed by atoms with Gasteiger partial charge in [0.1, 0.15) is 6.11 Å². The Morgan fingerprint density at radius 1 is 1.55 bits per heavy atom. The van der Waals surface area contributed by atoms with Crippen molar-refractivity contribution in [2.75, 3.05) is 0 Å². The molecule has 0 aromatic carbocycles. The lowest BCUT2D eigenvalue weighted by Gasteiger charge is -2.02. The van der Waals surface area contributed by atoms with E-state index in [2.05, 4.69) is 30.6 Å². The molecule has 1 atom stereocenters. The van der Waals surface area contributed by atoms with Crippen molar-refractivity contribution in [2.24, 2.45) is 5.92 Å². The van der Waals surface area contributed by atoms with Crippen LogP contribution < -0.4 is 0 Å². The molecule has 0 saturated carbocycles. The van der Waals surface area contributed by atoms with Crippen LogP contribution in [0, 0.1) is 17.9 Å². The summed E-state index contributed by atoms with van der Waals surface area (Å²) in [6.45, 7) is 4.55. The average molecular weight is 154 g/mol. The number of ether oxygens (including phenoxy) is 1. The summed E-state index contributed by atoms with van der Waals surface area (Å²) >= 11 is 0. The molecule has 62 valence electrons. The zero-order valence-corrected chi connectivity index (χ0v) is 7.09. The van der Waals surface area contributed by atoms with Crippen LogP contribution in [-0.4, -0.2) is 6.47 Å². The van der Waals surface area contributed by atoms with Crippen LogP contribution in [0.25, 0.3) is 0 Å². The van der Waals surface area contributed by atoms with E-state index in [0.717, 1.165) is 19.3 Å². The molecule has 0 aromatic rings. The van der Waals surface area contributed by atoms with Crippen LogP contribution in [0.3, 0.4) is 0 Å². The van der Waals surface area contributed by atoms with E-state index in [-0.39, 0.29) is 0 Å². The van der Waals surface area contributed by atoms with E-state index in [9.17, 15) is 4.79 Å². The topological polar surface area (TPSA) is 26.3 Å². The first-order valence-electron chi connectivity index (χ1n) is 3.94. The Morgan fingerprint density at radius 3 is 2.73 bits per heavy atom. The summed E-state index contributed by atoms with van der Waals surface area (Å²) in [5.41, 5.74) is 0. The van der Waals surface area contributed by atoms with Gasteiger partial charge in [-0.05, 0) is 12.8 Å². The molecule has 0 rings (SSSR count). The van der Waals surface area contributed by atoms with Crippen molar-refractivity contribution in [1.82, 2.24) is 0 Å². The average Bonchev–Trinajstić information content (AvgIpc) is 2.03. The van der Waals surface area contributed by atoms with E-state index < -0.39 is 0 Å². The van der Waals surface area contributed by atoms with Crippen molar-refractivity contribution in [3.05, 3.63) is 0 Å². The molecule has 0 saturated heterocycles. The number of carbonyl (C=O) groups excluding carboxylic acids is 1. The second-order valence-electron chi connectivity index (χ2n) is 2.35. The third kappa shape index (κ3) is 5.47. The lowest BCUT2D eigenvalue weighted by atomic mass is 10.0. The zero-order chi connectivity index (χ0) is 8.53. The van der Waals surface area contributed by atoms with Crippen molar-refractivity contribution in [3.63, 3.8) is 0 Å². The van der Waals surface area contributed by atoms with Crippen molar-refractivity contribution < 1.29 is 9.53 Å². The highest BCUT2D eigenvalue weighted by Crippen LogP contribution is 2.08. The second kappa shape index (κ2) is 7.14. The standard InChI is InChI=1S/C9H14O2/c1-3-5-9(4-2)6-7-11-8-10/h8-9H,3-5H2,1-2H3. The van der Waals surface area contributed by atoms with Crippen molar-refractivity contribution in [3.8, 4) is 12.0 Å². The van der Waals surface area contributed by atoms with Crippen LogP contribution in [0.5, 0.6) is 0 Å². The molecule has 0 aliphatic heterocycles. The monoisotopic (exact) mass is 154 g/mol. The van der Waals surface area contributed by atoms with Gasteiger partial charge in [0.2, 0.25) is 0 Å². The molecule has 0 N–H and O–H groups in total. The van der Waals surface area contributed by atoms with Gasteiger partial charge in [0, 0.05) is 5.92 Å². The molecular weight excluding hydrogens is 140 g/mol. The molecule has 0 aliphatic carbocycles. The number of rotatable bonds is 4. The van der Waals surface area contributed by atoms with Gasteiger partial charge in [0.25, 0.3) is 0 Å². The predicted octanol–water partition coefficient (Wildman–Crippen LogP) is 1.95. The Kier molecular flexibility index (Phi) is 6.51. The normalized spacial score (nSPS) is 11.1. The van der Waals surface area contributed by atoms with Gasteiger partial charge in [-0.2, -0.15) is 0 Å². The Morgan fingerprint density at radius 2 is 2.27 bits per heavy atom. The molecule has 0 bridgehead atoms. The quantitative estimate of drug-likeness (QED) is 0.457. The van der Waals surface area contributed by atoms with Crippen LogP contribution in [0.15, 0.2) is 0 Å². The minimum absolute atomic E-state index is 0.353. The van der Waals surface area contributed by atoms with Gasteiger partial charge in [0.05, 0.1) is 0 Å². The largest absolute Gasteiger partial charge is 0.375 e. The fourth-order valence-corrected chi connectivity index (χ4v) is 0.868. The van der Waals surface area contributed by atoms with Crippen LogP contribution in [-0.2, 0) is 9.53 Å². The van der Waals surface area contributed by atoms with E-state index in [4.69, 9.17) is 0 Å². The maximum absolute atomic E-state index is 9.71. The van der Waals surface area contributed by atoms with Crippen molar-refractivity contribution in [2.45, 2.75) is 33.1 Å². The van der Waals surface area contributed by atoms with Gasteiger partial charge in [0.15, 0.2) is 0 Å². The van der Waals surface area contributed by atoms with Crippen LogP contribution in [0.1, 0.15) is 33.1 Å². The van der Waals surface area contributed by atoms with E-state index in [0.29, 0.717) is 12.4 Å². The second-order valence-corrected chi connectivity index (χ2v) is 2.35. The Hall–Kier alpha value is -0.970. The first kappa shape index (κ1) is 10.0. The van der Waals surface area contributed by atoms with Gasteiger partial charge in [-0.3, -0.25) is 4.79 Å². The van der Waals surface area contributed by atoms with Crippen molar-refractivity contribution >= 4 is 6.47 Å². The Balaban J connectivity index is 3.68. The molecular formula is C9H14O2. The minimum atomic E-state index is 0.353. The highest BCUT2D eigenvalue weighted by Gasteiger charge is 1.98. The summed E-state index contributed by atoms with van der Waals surface area (Å²) < 4.78 is 4.27. The Labute approximate surface area is 67.9 Å². The van der Waals surface area contributed by atoms with Crippen LogP contribution >= 0.6 is 0 Å². The van der Waals surface area contributed by atoms with Gasteiger partial charge >= 0.3 is 6.47 Å². The molecule has 2 heteroatoms. The van der Waals surface area contributed by atoms with Gasteiger partial charge in [-0.15, -0.1) is 0 Å². The summed E-state index contributed by atoms with van der Waals surface area (Å²) in [6.07, 6.45) is 5.56. The predicted molar refractivity (Wildman–Crippen MR) is 43.6 cm³/mol. The lowest BCUT2D eigenvalue weighted by molar-refractivity contribution is -0.122. The van der Waals surface area contributed by atoms with E-state index >= 15 is 0 Å². The highest BCUT2D eigenvalue weighted by molar-refractivity contribution is 5.39. The highest BCUT2D eigenvalue weighted by atomic mass is 16.5. The van der Waals surface area contributed by atoms with Crippen LogP contribution in [0.2, 0.25) is 0 Å². The summed E-state index contributed by atoms with van der Waals surface area (Å²) in [4.78, 5) is 9.71. The van der Waals surface area contributed by atoms with Gasteiger partial charge < -0.3 is 4.74 Å². The molecule has 0 spiro atoms. The summed E-state index contributed by atoms with van der Waals surface area (Å²) in [6, 6.07) is 0. The minimum Gasteiger partial charge on any atom is -0.375 e. The molecule has 0 fully saturated rings. The van der Waals surface area contributed by atoms with Gasteiger partial charge in [-0.25, -0.2) is 0 Å². The fourth-order valence-electron chi connectivity index (χ4n) is 0.868. The summed E-state index contributed by atoms with van der Waals surface area (Å²) in [7, 11) is 0. The maximum Gasteiger partial charge on any atom is 0.307 e. The third-order valence-corrected chi connectivity index (χ3v) is 1.50. The fraction of sp³-hybridized carbons (Fsp3) is 0.667. The SMILES string of the molecule is CCCC(C#COC=O)CC. The number of carbonyl (C=O) groups is 1. The van der Waals surface area contributed by atoms with E-state index in [1.165, 1.54) is 0 Å². The molecule has 2 nitrogen and oxygen atoms in total. The zero-order valence-electron chi connectivity index (χ0n) is 7.09. The third-order valence-electron chi connectivity index (χ3n) is 1.50. The Bertz CT molecular complexity index is 153. The molecule has 0 heterocycles. The lowest BCUT2D eigenvalue weighted by Crippen LogP contribution is -1.93. The first-order valence-corrected chi connectivity index (χ1v) is 3.94. The summed E-state index contributed by atoms with van der Waals surface area (Å²) in [5, 5.41) is 0. The molecule has 0 aromatic heterocycles. The first-order chi connectivity index (χ1) is 5.35. The smallest absolute Gasteiger partial charge is 0.307 e. The molecule has 1 unspecified atom stereocenters. The molecule has 11 heavy (non-hydrogen) atoms. The molecule has 0 aliphatic rings. The molecule has 0 amide bonds. The van der Waals surface area contributed by atoms with Crippen molar-refractivity contribution in [1.29, 1.82) is 0 Å². The van der Waals surface area contributed by atoms with E-state index in [1.807, 2.05) is 0 Å². The maximum atomic E-state index is 9.71. The number of hydrogen-bond acceptors (Lipinski definition) is 2. The number of hydrogen-bond donors (Lipinski definition) is 0. The van der Waals surface area contributed by atoms with Gasteiger partial charge in [-0.1, -0.05) is 26.2 Å². The van der Waals surface area contributed by atoms with E-state index in [1.54, 1.807) is 0 Å². The molecule has 0 radical (unpaired) electrons. The summed E-state index contributed by atoms with van der Waals surface area (Å²) in [5.74, 6) is 3.24.